The van der Waals surface area contributed by atoms with Crippen LogP contribution in [0, 0.1) is 13.8 Å². The predicted octanol–water partition coefficient (Wildman–Crippen LogP) is 7.07. The lowest BCUT2D eigenvalue weighted by Gasteiger charge is -2.33. The van der Waals surface area contributed by atoms with Crippen LogP contribution in [0.1, 0.15) is 79.0 Å². The molecule has 7 rings (SSSR count). The summed E-state index contributed by atoms with van der Waals surface area (Å²) in [5.74, 6) is 0.964. The Bertz CT molecular complexity index is 1570. The second-order valence-corrected chi connectivity index (χ2v) is 14.5. The first-order valence-electron chi connectivity index (χ1n) is 15.4. The summed E-state index contributed by atoms with van der Waals surface area (Å²) in [6, 6.07) is 14.1. The number of H-pyrrole nitrogens is 1. The van der Waals surface area contributed by atoms with E-state index in [2.05, 4.69) is 84.3 Å². The highest BCUT2D eigenvalue weighted by Gasteiger charge is 2.54. The van der Waals surface area contributed by atoms with E-state index in [4.69, 9.17) is 0 Å². The number of Topliss-reactive ketones (excluding diaryl/α,β-unsaturated/α-hetero) is 1. The molecular formula is C35H42N4OS. The summed E-state index contributed by atoms with van der Waals surface area (Å²) in [5.41, 5.74) is 7.04. The second-order valence-electron chi connectivity index (χ2n) is 13.5. The van der Waals surface area contributed by atoms with Crippen molar-refractivity contribution in [1.82, 2.24) is 20.2 Å². The van der Waals surface area contributed by atoms with Gasteiger partial charge in [0.2, 0.25) is 0 Å². The van der Waals surface area contributed by atoms with Gasteiger partial charge >= 0.3 is 0 Å². The number of nitrogens with zero attached hydrogens (tertiary/aromatic N) is 2. The highest BCUT2D eigenvalue weighted by atomic mass is 32.1. The zero-order valence-corrected chi connectivity index (χ0v) is 25.7. The summed E-state index contributed by atoms with van der Waals surface area (Å²) >= 11 is 1.78. The molecule has 0 radical (unpaired) electrons. The van der Waals surface area contributed by atoms with Crippen LogP contribution in [0.15, 0.2) is 48.8 Å². The highest BCUT2D eigenvalue weighted by molar-refractivity contribution is 7.19. The molecule has 5 nitrogen and oxygen atoms in total. The number of pyridine rings is 1. The molecule has 2 bridgehead atoms. The summed E-state index contributed by atoms with van der Waals surface area (Å²) in [4.78, 5) is 27.1. The number of hydrogen-bond acceptors (Lipinski definition) is 5. The van der Waals surface area contributed by atoms with Gasteiger partial charge in [0.15, 0.2) is 5.78 Å². The lowest BCUT2D eigenvalue weighted by Crippen LogP contribution is -2.52. The molecule has 3 fully saturated rings. The third kappa shape index (κ3) is 4.78. The Morgan fingerprint density at radius 2 is 1.80 bits per heavy atom. The van der Waals surface area contributed by atoms with E-state index < -0.39 is 5.41 Å². The number of carbonyl (C=O) groups is 1. The van der Waals surface area contributed by atoms with Crippen LogP contribution in [0.3, 0.4) is 0 Å². The zero-order valence-electron chi connectivity index (χ0n) is 24.8. The van der Waals surface area contributed by atoms with Crippen LogP contribution in [0.2, 0.25) is 0 Å². The number of nitrogens with one attached hydrogen (secondary N) is 2. The fourth-order valence-corrected chi connectivity index (χ4v) is 9.16. The average Bonchev–Trinajstić information content (AvgIpc) is 3.78. The maximum absolute atomic E-state index is 14.1. The van der Waals surface area contributed by atoms with Crippen molar-refractivity contribution in [3.05, 3.63) is 75.9 Å². The van der Waals surface area contributed by atoms with Gasteiger partial charge in [0.1, 0.15) is 4.83 Å². The maximum atomic E-state index is 14.1. The Morgan fingerprint density at radius 1 is 1.07 bits per heavy atom. The number of aryl methyl sites for hydroxylation is 2. The summed E-state index contributed by atoms with van der Waals surface area (Å²) < 4.78 is 0. The highest BCUT2D eigenvalue weighted by Crippen LogP contribution is 2.46. The normalized spacial score (nSPS) is 24.6. The van der Waals surface area contributed by atoms with Crippen LogP contribution < -0.4 is 5.32 Å². The first kappa shape index (κ1) is 27.1. The van der Waals surface area contributed by atoms with E-state index in [0.717, 1.165) is 51.7 Å². The number of likely N-dealkylation sites (tertiary alicyclic amines) is 1. The van der Waals surface area contributed by atoms with Gasteiger partial charge in [-0.2, -0.15) is 0 Å². The zero-order chi connectivity index (χ0) is 28.4. The number of benzene rings is 1. The van der Waals surface area contributed by atoms with Crippen molar-refractivity contribution < 1.29 is 4.79 Å². The van der Waals surface area contributed by atoms with E-state index in [1.165, 1.54) is 55.0 Å². The van der Waals surface area contributed by atoms with Gasteiger partial charge in [-0.3, -0.25) is 9.78 Å². The lowest BCUT2D eigenvalue weighted by molar-refractivity contribution is -0.129. The van der Waals surface area contributed by atoms with Gasteiger partial charge in [-0.15, -0.1) is 11.3 Å². The van der Waals surface area contributed by atoms with E-state index in [-0.39, 0.29) is 5.54 Å². The van der Waals surface area contributed by atoms with E-state index in [1.807, 2.05) is 12.4 Å². The van der Waals surface area contributed by atoms with Gasteiger partial charge in [-0.1, -0.05) is 17.2 Å². The monoisotopic (exact) mass is 566 g/mol. The first-order chi connectivity index (χ1) is 19.7. The standard InChI is InChI=1S/C35H42N4OS/c1-22-17-23(2)19-26(18-22)31-28(10-16-39-15-9-25(21-39)24-7-13-36-14-8-24)29-20-30(41-32(29)37-31)34(3,4)33(40)35-11-5-27(38-35)6-12-35/h7-8,13-14,17-20,25,27,37-38H,5-6,9-12,15-16,21H2,1-4H3. The number of thiophene rings is 1. The molecule has 1 unspecified atom stereocenters. The number of aromatic nitrogens is 2. The molecule has 3 aliphatic heterocycles. The molecule has 3 aromatic heterocycles. The Morgan fingerprint density at radius 3 is 2.49 bits per heavy atom. The number of aromatic amines is 1. The van der Waals surface area contributed by atoms with Crippen molar-refractivity contribution in [2.75, 3.05) is 19.6 Å². The van der Waals surface area contributed by atoms with Gasteiger partial charge in [0.05, 0.1) is 16.6 Å². The molecule has 3 aliphatic rings. The Balaban J connectivity index is 1.20. The van der Waals surface area contributed by atoms with Crippen molar-refractivity contribution in [3.63, 3.8) is 0 Å². The average molecular weight is 567 g/mol. The smallest absolute Gasteiger partial charge is 0.163 e. The quantitative estimate of drug-likeness (QED) is 0.239. The van der Waals surface area contributed by atoms with E-state index in [1.54, 1.807) is 11.3 Å². The molecule has 41 heavy (non-hydrogen) atoms. The van der Waals surface area contributed by atoms with Crippen LogP contribution >= 0.6 is 11.3 Å². The summed E-state index contributed by atoms with van der Waals surface area (Å²) in [6.45, 7) is 11.9. The van der Waals surface area contributed by atoms with Crippen LogP contribution in [-0.2, 0) is 16.6 Å². The van der Waals surface area contributed by atoms with Crippen LogP contribution in [0.25, 0.3) is 21.5 Å². The summed E-state index contributed by atoms with van der Waals surface area (Å²) in [6.07, 6.45) is 10.3. The van der Waals surface area contributed by atoms with E-state index in [9.17, 15) is 4.79 Å². The Labute approximate surface area is 247 Å². The van der Waals surface area contributed by atoms with Crippen molar-refractivity contribution in [2.24, 2.45) is 0 Å². The number of ketones is 1. The molecule has 3 saturated heterocycles. The van der Waals surface area contributed by atoms with Crippen molar-refractivity contribution in [1.29, 1.82) is 0 Å². The minimum atomic E-state index is -0.513. The van der Waals surface area contributed by atoms with Gasteiger partial charge in [0, 0.05) is 41.8 Å². The molecule has 0 spiro atoms. The first-order valence-corrected chi connectivity index (χ1v) is 16.2. The number of carbonyl (C=O) groups excluding carboxylic acids is 1. The number of rotatable bonds is 8. The van der Waals surface area contributed by atoms with E-state index >= 15 is 0 Å². The molecular weight excluding hydrogens is 524 g/mol. The largest absolute Gasteiger partial charge is 0.346 e. The SMILES string of the molecule is Cc1cc(C)cc(-c2[nH]c3sc(C(C)(C)C(=O)C45CCC(CC4)N5)cc3c2CCN2CCC(c3ccncc3)C2)c1. The third-order valence-corrected chi connectivity index (χ3v) is 11.5. The van der Waals surface area contributed by atoms with Crippen LogP contribution in [-0.4, -0.2) is 51.9 Å². The molecule has 0 aliphatic carbocycles. The topological polar surface area (TPSA) is 61.0 Å². The number of hydrogen-bond donors (Lipinski definition) is 2. The molecule has 2 N–H and O–H groups in total. The fraction of sp³-hybridized carbons (Fsp3) is 0.486. The molecule has 6 heteroatoms. The van der Waals surface area contributed by atoms with E-state index in [0.29, 0.717) is 17.7 Å². The molecule has 1 atom stereocenters. The summed E-state index contributed by atoms with van der Waals surface area (Å²) in [5, 5.41) is 5.00. The molecule has 0 saturated carbocycles. The van der Waals surface area contributed by atoms with Crippen LogP contribution in [0.4, 0.5) is 0 Å². The lowest BCUT2D eigenvalue weighted by atomic mass is 9.72. The third-order valence-electron chi connectivity index (χ3n) is 10.2. The molecule has 1 aromatic carbocycles. The predicted molar refractivity (Wildman–Crippen MR) is 169 cm³/mol. The van der Waals surface area contributed by atoms with Gasteiger partial charge < -0.3 is 15.2 Å². The van der Waals surface area contributed by atoms with Crippen LogP contribution in [0.5, 0.6) is 0 Å². The summed E-state index contributed by atoms with van der Waals surface area (Å²) in [7, 11) is 0. The van der Waals surface area contributed by atoms with Crippen molar-refractivity contribution in [3.8, 4) is 11.3 Å². The molecule has 6 heterocycles. The van der Waals surface area contributed by atoms with Gasteiger partial charge in [0.25, 0.3) is 0 Å². The van der Waals surface area contributed by atoms with Crippen molar-refractivity contribution >= 4 is 27.3 Å². The Hall–Kier alpha value is -2.80. The fourth-order valence-electron chi connectivity index (χ4n) is 7.97. The van der Waals surface area contributed by atoms with Gasteiger partial charge in [-0.25, -0.2) is 0 Å². The second kappa shape index (κ2) is 10.2. The molecule has 4 aromatic rings. The minimum Gasteiger partial charge on any atom is -0.346 e. The van der Waals surface area contributed by atoms with Crippen molar-refractivity contribution in [2.45, 2.75) is 89.1 Å². The van der Waals surface area contributed by atoms with Gasteiger partial charge in [-0.05, 0) is 126 Å². The maximum Gasteiger partial charge on any atom is 0.163 e. The minimum absolute atomic E-state index is 0.319. The molecule has 214 valence electrons. The Kier molecular flexibility index (Phi) is 6.72. The number of fused-ring (bicyclic) bond motifs is 3. The molecule has 0 amide bonds.